The largest absolute Gasteiger partial charge is 0.441 e. The van der Waals surface area contributed by atoms with Crippen LogP contribution in [0.25, 0.3) is 22.2 Å². The van der Waals surface area contributed by atoms with Gasteiger partial charge in [0.25, 0.3) is 0 Å². The number of aliphatic hydroxyl groups excluding tert-OH is 2. The molecule has 3 aromatic rings. The van der Waals surface area contributed by atoms with Gasteiger partial charge in [-0.1, -0.05) is 30.3 Å². The van der Waals surface area contributed by atoms with Gasteiger partial charge in [0.05, 0.1) is 18.4 Å². The van der Waals surface area contributed by atoms with Crippen LogP contribution in [0.4, 0.5) is 0 Å². The highest BCUT2D eigenvalue weighted by molar-refractivity contribution is 5.86. The van der Waals surface area contributed by atoms with E-state index in [1.807, 2.05) is 37.1 Å². The number of aryl methyl sites for hydroxylation is 1. The fourth-order valence-corrected chi connectivity index (χ4v) is 2.76. The van der Waals surface area contributed by atoms with E-state index in [2.05, 4.69) is 29.2 Å². The fourth-order valence-electron chi connectivity index (χ4n) is 2.76. The summed E-state index contributed by atoms with van der Waals surface area (Å²) in [5.41, 5.74) is 1.78. The number of benzene rings is 2. The molecular formula is C19H22N2O3. The van der Waals surface area contributed by atoms with Gasteiger partial charge in [-0.25, -0.2) is 4.98 Å². The second-order valence-corrected chi connectivity index (χ2v) is 6.12. The van der Waals surface area contributed by atoms with E-state index in [1.54, 1.807) is 0 Å². The third kappa shape index (κ3) is 3.64. The van der Waals surface area contributed by atoms with E-state index in [9.17, 15) is 5.11 Å². The van der Waals surface area contributed by atoms with Crippen LogP contribution in [0.5, 0.6) is 0 Å². The van der Waals surface area contributed by atoms with Crippen molar-refractivity contribution in [2.45, 2.75) is 19.6 Å². The van der Waals surface area contributed by atoms with Crippen LogP contribution >= 0.6 is 0 Å². The Labute approximate surface area is 141 Å². The number of hydrogen-bond acceptors (Lipinski definition) is 5. The highest BCUT2D eigenvalue weighted by atomic mass is 16.4. The van der Waals surface area contributed by atoms with E-state index < -0.39 is 6.10 Å². The summed E-state index contributed by atoms with van der Waals surface area (Å²) in [4.78, 5) is 6.52. The van der Waals surface area contributed by atoms with Gasteiger partial charge in [0.2, 0.25) is 5.89 Å². The van der Waals surface area contributed by atoms with E-state index in [1.165, 1.54) is 5.39 Å². The van der Waals surface area contributed by atoms with Crippen molar-refractivity contribution >= 4 is 10.8 Å². The summed E-state index contributed by atoms with van der Waals surface area (Å²) >= 11 is 0. The van der Waals surface area contributed by atoms with Gasteiger partial charge in [0.15, 0.2) is 0 Å². The van der Waals surface area contributed by atoms with Crippen LogP contribution in [0.2, 0.25) is 0 Å². The lowest BCUT2D eigenvalue weighted by Crippen LogP contribution is -2.31. The smallest absolute Gasteiger partial charge is 0.226 e. The number of likely N-dealkylation sites (N-methyl/N-ethyl adjacent to an activating group) is 1. The van der Waals surface area contributed by atoms with E-state index in [0.717, 1.165) is 22.4 Å². The molecule has 3 rings (SSSR count). The average molecular weight is 326 g/mol. The first-order valence-electron chi connectivity index (χ1n) is 7.99. The summed E-state index contributed by atoms with van der Waals surface area (Å²) < 4.78 is 5.83. The lowest BCUT2D eigenvalue weighted by molar-refractivity contribution is 0.0644. The average Bonchev–Trinajstić information content (AvgIpc) is 2.94. The van der Waals surface area contributed by atoms with E-state index >= 15 is 0 Å². The quantitative estimate of drug-likeness (QED) is 0.729. The molecule has 0 fully saturated rings. The standard InChI is InChI=1S/C19H22N2O3/c1-13-18(11-21(2)10-17(23)12-22)20-19(24-13)16-8-7-14-5-3-4-6-15(14)9-16/h3-9,17,22-23H,10-12H2,1-2H3/t17-/m0/s1. The van der Waals surface area contributed by atoms with Crippen LogP contribution in [-0.2, 0) is 6.54 Å². The van der Waals surface area contributed by atoms with Crippen molar-refractivity contribution in [1.29, 1.82) is 0 Å². The molecule has 24 heavy (non-hydrogen) atoms. The van der Waals surface area contributed by atoms with Gasteiger partial charge >= 0.3 is 0 Å². The zero-order chi connectivity index (χ0) is 17.1. The molecular weight excluding hydrogens is 304 g/mol. The number of aromatic nitrogens is 1. The molecule has 0 unspecified atom stereocenters. The maximum Gasteiger partial charge on any atom is 0.226 e. The maximum absolute atomic E-state index is 9.52. The summed E-state index contributed by atoms with van der Waals surface area (Å²) in [5, 5.41) is 20.8. The first kappa shape index (κ1) is 16.6. The lowest BCUT2D eigenvalue weighted by Gasteiger charge is -2.18. The molecule has 0 amide bonds. The minimum atomic E-state index is -0.748. The Hall–Kier alpha value is -2.21. The molecule has 0 saturated heterocycles. The summed E-state index contributed by atoms with van der Waals surface area (Å²) in [6, 6.07) is 14.3. The van der Waals surface area contributed by atoms with Gasteiger partial charge in [0.1, 0.15) is 5.76 Å². The summed E-state index contributed by atoms with van der Waals surface area (Å²) in [5.74, 6) is 1.37. The monoisotopic (exact) mass is 326 g/mol. The first-order valence-corrected chi connectivity index (χ1v) is 7.99. The number of nitrogens with zero attached hydrogens (tertiary/aromatic N) is 2. The predicted molar refractivity (Wildman–Crippen MR) is 93.6 cm³/mol. The Morgan fingerprint density at radius 2 is 1.92 bits per heavy atom. The first-order chi connectivity index (χ1) is 11.6. The molecule has 5 nitrogen and oxygen atoms in total. The Balaban J connectivity index is 1.82. The zero-order valence-electron chi connectivity index (χ0n) is 13.9. The number of oxazole rings is 1. The molecule has 0 radical (unpaired) electrons. The van der Waals surface area contributed by atoms with Crippen molar-refractivity contribution in [3.05, 3.63) is 53.9 Å². The molecule has 2 N–H and O–H groups in total. The van der Waals surface area contributed by atoms with Gasteiger partial charge < -0.3 is 14.6 Å². The summed E-state index contributed by atoms with van der Waals surface area (Å²) in [6.45, 7) is 2.59. The van der Waals surface area contributed by atoms with Crippen molar-refractivity contribution in [1.82, 2.24) is 9.88 Å². The Kier molecular flexibility index (Phi) is 4.94. The van der Waals surface area contributed by atoms with Gasteiger partial charge in [-0.2, -0.15) is 0 Å². The number of fused-ring (bicyclic) bond motifs is 1. The van der Waals surface area contributed by atoms with E-state index in [-0.39, 0.29) is 6.61 Å². The van der Waals surface area contributed by atoms with Gasteiger partial charge in [0, 0.05) is 18.7 Å². The molecule has 0 spiro atoms. The zero-order valence-corrected chi connectivity index (χ0v) is 13.9. The Bertz CT molecular complexity index is 828. The number of aliphatic hydroxyl groups is 2. The maximum atomic E-state index is 9.52. The van der Waals surface area contributed by atoms with Crippen LogP contribution in [0.1, 0.15) is 11.5 Å². The summed E-state index contributed by atoms with van der Waals surface area (Å²) in [7, 11) is 1.88. The fraction of sp³-hybridized carbons (Fsp3) is 0.316. The second-order valence-electron chi connectivity index (χ2n) is 6.12. The minimum absolute atomic E-state index is 0.246. The molecule has 0 saturated carbocycles. The molecule has 0 bridgehead atoms. The van der Waals surface area contributed by atoms with E-state index in [4.69, 9.17) is 9.52 Å². The normalized spacial score (nSPS) is 12.9. The van der Waals surface area contributed by atoms with Crippen LogP contribution in [-0.4, -0.2) is 46.4 Å². The third-order valence-corrected chi connectivity index (χ3v) is 4.04. The van der Waals surface area contributed by atoms with Crippen molar-refractivity contribution in [3.63, 3.8) is 0 Å². The molecule has 5 heteroatoms. The van der Waals surface area contributed by atoms with Gasteiger partial charge in [-0.3, -0.25) is 4.90 Å². The topological polar surface area (TPSA) is 69.7 Å². The predicted octanol–water partition coefficient (Wildman–Crippen LogP) is 2.59. The molecule has 2 aromatic carbocycles. The van der Waals surface area contributed by atoms with Crippen LogP contribution in [0, 0.1) is 6.92 Å². The highest BCUT2D eigenvalue weighted by Gasteiger charge is 2.15. The highest BCUT2D eigenvalue weighted by Crippen LogP contribution is 2.26. The molecule has 126 valence electrons. The van der Waals surface area contributed by atoms with Crippen LogP contribution < -0.4 is 0 Å². The van der Waals surface area contributed by atoms with Crippen molar-refractivity contribution in [2.24, 2.45) is 0 Å². The molecule has 1 atom stereocenters. The van der Waals surface area contributed by atoms with Crippen LogP contribution in [0.15, 0.2) is 46.9 Å². The van der Waals surface area contributed by atoms with Crippen molar-refractivity contribution in [2.75, 3.05) is 20.2 Å². The molecule has 1 heterocycles. The van der Waals surface area contributed by atoms with Gasteiger partial charge in [-0.15, -0.1) is 0 Å². The SMILES string of the molecule is Cc1oc(-c2ccc3ccccc3c2)nc1CN(C)C[C@H](O)CO. The van der Waals surface area contributed by atoms with Gasteiger partial charge in [-0.05, 0) is 36.9 Å². The second kappa shape index (κ2) is 7.13. The Morgan fingerprint density at radius 1 is 1.17 bits per heavy atom. The van der Waals surface area contributed by atoms with E-state index in [0.29, 0.717) is 19.0 Å². The summed E-state index contributed by atoms with van der Waals surface area (Å²) in [6.07, 6.45) is -0.748. The van der Waals surface area contributed by atoms with Crippen molar-refractivity contribution < 1.29 is 14.6 Å². The molecule has 0 aliphatic rings. The lowest BCUT2D eigenvalue weighted by atomic mass is 10.1. The minimum Gasteiger partial charge on any atom is -0.441 e. The molecule has 1 aromatic heterocycles. The van der Waals surface area contributed by atoms with Crippen molar-refractivity contribution in [3.8, 4) is 11.5 Å². The molecule has 0 aliphatic carbocycles. The Morgan fingerprint density at radius 3 is 2.67 bits per heavy atom. The molecule has 0 aliphatic heterocycles. The van der Waals surface area contributed by atoms with Crippen LogP contribution in [0.3, 0.4) is 0 Å². The number of hydrogen-bond donors (Lipinski definition) is 2. The third-order valence-electron chi connectivity index (χ3n) is 4.04. The number of rotatable bonds is 6.